The Labute approximate surface area is 70.1 Å². The van der Waals surface area contributed by atoms with Crippen molar-refractivity contribution in [2.75, 3.05) is 0 Å². The van der Waals surface area contributed by atoms with E-state index in [1.807, 2.05) is 18.2 Å². The highest BCUT2D eigenvalue weighted by atomic mass is 16.3. The van der Waals surface area contributed by atoms with Gasteiger partial charge in [-0.25, -0.2) is 0 Å². The van der Waals surface area contributed by atoms with Gasteiger partial charge in [-0.3, -0.25) is 0 Å². The van der Waals surface area contributed by atoms with Crippen LogP contribution in [0.4, 0.5) is 0 Å². The quantitative estimate of drug-likeness (QED) is 0.693. The molecule has 0 unspecified atom stereocenters. The van der Waals surface area contributed by atoms with Gasteiger partial charge < -0.3 is 9.52 Å². The lowest BCUT2D eigenvalue weighted by Gasteiger charge is -1.95. The van der Waals surface area contributed by atoms with Crippen LogP contribution in [0.3, 0.4) is 0 Å². The Morgan fingerprint density at radius 3 is 2.42 bits per heavy atom. The molecule has 1 N–H and O–H groups in total. The minimum atomic E-state index is 0.266. The first kappa shape index (κ1) is 6.98. The van der Waals surface area contributed by atoms with Gasteiger partial charge in [0.05, 0.1) is 6.26 Å². The highest BCUT2D eigenvalue weighted by Crippen LogP contribution is 2.21. The summed E-state index contributed by atoms with van der Waals surface area (Å²) < 4.78 is 4.81. The van der Waals surface area contributed by atoms with E-state index in [4.69, 9.17) is 9.52 Å². The standard InChI is InChI=1S/C10H7O2/c11-10-3-1-8(2-4-10)9-5-6-12-7-9/h1-6,11H. The topological polar surface area (TPSA) is 33.4 Å². The van der Waals surface area contributed by atoms with Gasteiger partial charge in [-0.15, -0.1) is 0 Å². The molecule has 1 heterocycles. The summed E-state index contributed by atoms with van der Waals surface area (Å²) >= 11 is 0. The predicted octanol–water partition coefficient (Wildman–Crippen LogP) is 2.45. The molecule has 0 aliphatic rings. The molecule has 0 saturated heterocycles. The van der Waals surface area contributed by atoms with Crippen molar-refractivity contribution in [3.8, 4) is 16.9 Å². The molecule has 0 aliphatic carbocycles. The molecule has 0 amide bonds. The second-order valence-corrected chi connectivity index (χ2v) is 2.48. The van der Waals surface area contributed by atoms with Gasteiger partial charge in [-0.2, -0.15) is 0 Å². The fourth-order valence-corrected chi connectivity index (χ4v) is 1.03. The summed E-state index contributed by atoms with van der Waals surface area (Å²) in [5.74, 6) is 0.266. The molecule has 0 saturated carbocycles. The third kappa shape index (κ3) is 1.19. The molecule has 0 spiro atoms. The number of furan rings is 1. The van der Waals surface area contributed by atoms with Crippen LogP contribution in [-0.4, -0.2) is 5.11 Å². The molecule has 1 aromatic heterocycles. The van der Waals surface area contributed by atoms with Crippen molar-refractivity contribution in [2.24, 2.45) is 0 Å². The van der Waals surface area contributed by atoms with Gasteiger partial charge in [0.2, 0.25) is 0 Å². The lowest BCUT2D eigenvalue weighted by atomic mass is 10.1. The molecule has 1 aromatic carbocycles. The number of hydrogen-bond donors (Lipinski definition) is 1. The molecule has 0 bridgehead atoms. The van der Waals surface area contributed by atoms with Crippen molar-refractivity contribution in [2.45, 2.75) is 0 Å². The van der Waals surface area contributed by atoms with Gasteiger partial charge in [0.15, 0.2) is 6.26 Å². The molecule has 12 heavy (non-hydrogen) atoms. The number of phenolic OH excluding ortho intramolecular Hbond substituents is 1. The summed E-state index contributed by atoms with van der Waals surface area (Å²) in [5.41, 5.74) is 1.89. The van der Waals surface area contributed by atoms with Crippen LogP contribution in [0.15, 0.2) is 41.0 Å². The van der Waals surface area contributed by atoms with Crippen LogP contribution in [0.2, 0.25) is 0 Å². The molecular weight excluding hydrogens is 152 g/mol. The summed E-state index contributed by atoms with van der Waals surface area (Å²) in [6.45, 7) is 0. The van der Waals surface area contributed by atoms with Gasteiger partial charge in [-0.1, -0.05) is 12.1 Å². The van der Waals surface area contributed by atoms with Gasteiger partial charge in [0.1, 0.15) is 5.75 Å². The van der Waals surface area contributed by atoms with E-state index < -0.39 is 0 Å². The second-order valence-electron chi connectivity index (χ2n) is 2.48. The maximum atomic E-state index is 9.02. The fourth-order valence-electron chi connectivity index (χ4n) is 1.03. The zero-order valence-electron chi connectivity index (χ0n) is 6.32. The Bertz CT molecular complexity index is 346. The summed E-state index contributed by atoms with van der Waals surface area (Å²) in [6, 6.07) is 8.73. The lowest BCUT2D eigenvalue weighted by Crippen LogP contribution is -1.71. The van der Waals surface area contributed by atoms with Crippen molar-refractivity contribution in [3.63, 3.8) is 0 Å². The average molecular weight is 159 g/mol. The molecule has 2 rings (SSSR count). The zero-order valence-corrected chi connectivity index (χ0v) is 6.32. The average Bonchev–Trinajstić information content (AvgIpc) is 2.58. The van der Waals surface area contributed by atoms with E-state index in [0.29, 0.717) is 0 Å². The smallest absolute Gasteiger partial charge is 0.177 e. The largest absolute Gasteiger partial charge is 0.508 e. The summed E-state index contributed by atoms with van der Waals surface area (Å²) in [5, 5.41) is 9.02. The van der Waals surface area contributed by atoms with Crippen molar-refractivity contribution in [1.29, 1.82) is 0 Å². The Kier molecular flexibility index (Phi) is 1.59. The fraction of sp³-hybridized carbons (Fsp3) is 0. The first-order chi connectivity index (χ1) is 5.86. The van der Waals surface area contributed by atoms with Gasteiger partial charge in [0.25, 0.3) is 0 Å². The van der Waals surface area contributed by atoms with Crippen LogP contribution in [0.1, 0.15) is 0 Å². The van der Waals surface area contributed by atoms with Crippen LogP contribution in [0, 0.1) is 6.26 Å². The number of aromatic hydroxyl groups is 1. The van der Waals surface area contributed by atoms with Gasteiger partial charge in [-0.05, 0) is 23.8 Å². The van der Waals surface area contributed by atoms with E-state index in [0.717, 1.165) is 11.1 Å². The number of hydrogen-bond acceptors (Lipinski definition) is 2. The third-order valence-electron chi connectivity index (χ3n) is 1.65. The molecule has 59 valence electrons. The number of rotatable bonds is 1. The molecule has 0 fully saturated rings. The van der Waals surface area contributed by atoms with E-state index in [-0.39, 0.29) is 5.75 Å². The lowest BCUT2D eigenvalue weighted by molar-refractivity contribution is 0.475. The van der Waals surface area contributed by atoms with Gasteiger partial charge >= 0.3 is 0 Å². The number of benzene rings is 1. The van der Waals surface area contributed by atoms with Crippen molar-refractivity contribution in [1.82, 2.24) is 0 Å². The van der Waals surface area contributed by atoms with Crippen LogP contribution < -0.4 is 0 Å². The van der Waals surface area contributed by atoms with Crippen molar-refractivity contribution in [3.05, 3.63) is 42.9 Å². The Morgan fingerprint density at radius 1 is 1.08 bits per heavy atom. The van der Waals surface area contributed by atoms with E-state index in [1.165, 1.54) is 0 Å². The maximum absolute atomic E-state index is 9.02. The van der Waals surface area contributed by atoms with Crippen LogP contribution in [0.5, 0.6) is 5.75 Å². The van der Waals surface area contributed by atoms with Crippen LogP contribution >= 0.6 is 0 Å². The Morgan fingerprint density at radius 2 is 1.83 bits per heavy atom. The second kappa shape index (κ2) is 2.74. The first-order valence-electron chi connectivity index (χ1n) is 3.61. The molecule has 2 nitrogen and oxygen atoms in total. The highest BCUT2D eigenvalue weighted by Gasteiger charge is 1.98. The van der Waals surface area contributed by atoms with Gasteiger partial charge in [0, 0.05) is 5.56 Å². The van der Waals surface area contributed by atoms with E-state index in [1.54, 1.807) is 18.4 Å². The summed E-state index contributed by atoms with van der Waals surface area (Å²) in [7, 11) is 0. The van der Waals surface area contributed by atoms with Crippen molar-refractivity contribution < 1.29 is 9.52 Å². The molecular formula is C10H7O2. The molecule has 1 radical (unpaired) electrons. The monoisotopic (exact) mass is 159 g/mol. The zero-order chi connectivity index (χ0) is 8.39. The Hall–Kier alpha value is -1.70. The first-order valence-corrected chi connectivity index (χ1v) is 3.61. The van der Waals surface area contributed by atoms with Crippen LogP contribution in [-0.2, 0) is 0 Å². The molecule has 0 atom stereocenters. The highest BCUT2D eigenvalue weighted by molar-refractivity contribution is 5.61. The number of phenols is 1. The predicted molar refractivity (Wildman–Crippen MR) is 44.6 cm³/mol. The minimum absolute atomic E-state index is 0.266. The molecule has 0 aliphatic heterocycles. The normalized spacial score (nSPS) is 10.0. The Balaban J connectivity index is 2.43. The third-order valence-corrected chi connectivity index (χ3v) is 1.65. The van der Waals surface area contributed by atoms with Crippen molar-refractivity contribution >= 4 is 0 Å². The minimum Gasteiger partial charge on any atom is -0.508 e. The van der Waals surface area contributed by atoms with Crippen LogP contribution in [0.25, 0.3) is 11.1 Å². The SMILES string of the molecule is Oc1ccc(-c2[c]occ2)cc1. The van der Waals surface area contributed by atoms with E-state index >= 15 is 0 Å². The summed E-state index contributed by atoms with van der Waals surface area (Å²) in [4.78, 5) is 0. The molecule has 2 heteroatoms. The van der Waals surface area contributed by atoms with E-state index in [2.05, 4.69) is 6.26 Å². The summed E-state index contributed by atoms with van der Waals surface area (Å²) in [6.07, 6.45) is 4.29. The maximum Gasteiger partial charge on any atom is 0.177 e. The van der Waals surface area contributed by atoms with E-state index in [9.17, 15) is 0 Å². The molecule has 2 aromatic rings.